The smallest absolute Gasteiger partial charge is 0.161 e. The molecule has 1 atom stereocenters. The van der Waals surface area contributed by atoms with Crippen molar-refractivity contribution < 1.29 is 14.9 Å². The van der Waals surface area contributed by atoms with Gasteiger partial charge in [0.1, 0.15) is 12.7 Å². The van der Waals surface area contributed by atoms with E-state index < -0.39 is 6.10 Å². The summed E-state index contributed by atoms with van der Waals surface area (Å²) in [5.41, 5.74) is 1.79. The van der Waals surface area contributed by atoms with Crippen LogP contribution in [-0.4, -0.2) is 16.8 Å². The number of phenolic OH excluding ortho intramolecular Hbond substituents is 1. The van der Waals surface area contributed by atoms with Crippen molar-refractivity contribution in [2.24, 2.45) is 0 Å². The van der Waals surface area contributed by atoms with Gasteiger partial charge in [-0.1, -0.05) is 36.4 Å². The molecule has 0 fully saturated rings. The van der Waals surface area contributed by atoms with E-state index >= 15 is 0 Å². The Bertz CT molecular complexity index is 508. The maximum absolute atomic E-state index is 9.94. The van der Waals surface area contributed by atoms with Crippen LogP contribution in [0.3, 0.4) is 0 Å². The van der Waals surface area contributed by atoms with E-state index in [-0.39, 0.29) is 12.4 Å². The molecule has 0 aliphatic carbocycles. The molecule has 3 heteroatoms. The van der Waals surface area contributed by atoms with Gasteiger partial charge in [0.05, 0.1) is 0 Å². The molecule has 2 rings (SSSR count). The lowest BCUT2D eigenvalue weighted by atomic mass is 10.1. The van der Waals surface area contributed by atoms with Crippen LogP contribution >= 0.6 is 0 Å². The highest BCUT2D eigenvalue weighted by Crippen LogP contribution is 2.27. The van der Waals surface area contributed by atoms with E-state index in [2.05, 4.69) is 0 Å². The van der Waals surface area contributed by atoms with Crippen LogP contribution in [0.25, 0.3) is 0 Å². The second kappa shape index (κ2) is 5.56. The average Bonchev–Trinajstić information content (AvgIpc) is 2.40. The molecule has 0 saturated heterocycles. The van der Waals surface area contributed by atoms with E-state index in [0.717, 1.165) is 11.1 Å². The van der Waals surface area contributed by atoms with Crippen LogP contribution in [0.4, 0.5) is 0 Å². The number of aliphatic hydroxyl groups excluding tert-OH is 1. The monoisotopic (exact) mass is 244 g/mol. The summed E-state index contributed by atoms with van der Waals surface area (Å²) in [7, 11) is 0. The minimum Gasteiger partial charge on any atom is -0.504 e. The number of ether oxygens (including phenoxy) is 1. The molecule has 0 spiro atoms. The number of aryl methyl sites for hydroxylation is 1. The van der Waals surface area contributed by atoms with E-state index in [1.54, 1.807) is 18.2 Å². The number of hydrogen-bond acceptors (Lipinski definition) is 3. The first-order chi connectivity index (χ1) is 8.66. The first-order valence-electron chi connectivity index (χ1n) is 5.82. The predicted molar refractivity (Wildman–Crippen MR) is 69.7 cm³/mol. The Morgan fingerprint density at radius 1 is 1.11 bits per heavy atom. The van der Waals surface area contributed by atoms with Crippen molar-refractivity contribution in [1.29, 1.82) is 0 Å². The Morgan fingerprint density at radius 2 is 1.83 bits per heavy atom. The minimum atomic E-state index is -0.703. The summed E-state index contributed by atoms with van der Waals surface area (Å²) >= 11 is 0. The van der Waals surface area contributed by atoms with Crippen LogP contribution < -0.4 is 4.74 Å². The van der Waals surface area contributed by atoms with Crippen molar-refractivity contribution >= 4 is 0 Å². The van der Waals surface area contributed by atoms with Gasteiger partial charge in [-0.3, -0.25) is 0 Å². The van der Waals surface area contributed by atoms with Gasteiger partial charge in [-0.25, -0.2) is 0 Å². The lowest BCUT2D eigenvalue weighted by Crippen LogP contribution is -2.09. The van der Waals surface area contributed by atoms with Crippen molar-refractivity contribution in [3.63, 3.8) is 0 Å². The van der Waals surface area contributed by atoms with Crippen LogP contribution in [0.1, 0.15) is 17.2 Å². The third-order valence-electron chi connectivity index (χ3n) is 2.70. The number of aliphatic hydroxyl groups is 1. The van der Waals surface area contributed by atoms with Crippen molar-refractivity contribution in [3.8, 4) is 11.5 Å². The summed E-state index contributed by atoms with van der Waals surface area (Å²) in [6.45, 7) is 2.03. The Hall–Kier alpha value is -2.00. The SMILES string of the molecule is Cc1ccc(O)c(OCC(O)c2ccccc2)c1. The molecule has 0 aliphatic heterocycles. The maximum atomic E-state index is 9.94. The molecule has 0 heterocycles. The van der Waals surface area contributed by atoms with Crippen LogP contribution in [0, 0.1) is 6.92 Å². The zero-order valence-electron chi connectivity index (χ0n) is 10.2. The summed E-state index contributed by atoms with van der Waals surface area (Å²) < 4.78 is 5.43. The van der Waals surface area contributed by atoms with Crippen LogP contribution in [0.15, 0.2) is 48.5 Å². The number of aromatic hydroxyl groups is 1. The van der Waals surface area contributed by atoms with Crippen molar-refractivity contribution in [2.75, 3.05) is 6.61 Å². The second-order valence-corrected chi connectivity index (χ2v) is 4.21. The topological polar surface area (TPSA) is 49.7 Å². The number of phenols is 1. The van der Waals surface area contributed by atoms with Crippen molar-refractivity contribution in [1.82, 2.24) is 0 Å². The fourth-order valence-corrected chi connectivity index (χ4v) is 1.68. The highest BCUT2D eigenvalue weighted by molar-refractivity contribution is 5.41. The van der Waals surface area contributed by atoms with Gasteiger partial charge in [0, 0.05) is 0 Å². The molecule has 2 aromatic rings. The zero-order valence-corrected chi connectivity index (χ0v) is 10.2. The summed E-state index contributed by atoms with van der Waals surface area (Å²) in [5, 5.41) is 19.5. The molecule has 94 valence electrons. The molecular formula is C15H16O3. The summed E-state index contributed by atoms with van der Waals surface area (Å²) in [6.07, 6.45) is -0.703. The van der Waals surface area contributed by atoms with Crippen LogP contribution in [0.2, 0.25) is 0 Å². The standard InChI is InChI=1S/C15H16O3/c1-11-7-8-13(16)15(9-11)18-10-14(17)12-5-3-2-4-6-12/h2-9,14,16-17H,10H2,1H3. The van der Waals surface area contributed by atoms with Gasteiger partial charge < -0.3 is 14.9 Å². The van der Waals surface area contributed by atoms with Gasteiger partial charge in [0.25, 0.3) is 0 Å². The Labute approximate surface area is 106 Å². The largest absolute Gasteiger partial charge is 0.504 e. The third kappa shape index (κ3) is 3.02. The Kier molecular flexibility index (Phi) is 3.85. The summed E-state index contributed by atoms with van der Waals surface area (Å²) in [6, 6.07) is 14.4. The van der Waals surface area contributed by atoms with Gasteiger partial charge in [0.15, 0.2) is 11.5 Å². The normalized spacial score (nSPS) is 12.1. The molecule has 0 bridgehead atoms. The molecule has 0 aromatic heterocycles. The number of hydrogen-bond donors (Lipinski definition) is 2. The highest BCUT2D eigenvalue weighted by Gasteiger charge is 2.09. The first-order valence-corrected chi connectivity index (χ1v) is 5.82. The highest BCUT2D eigenvalue weighted by atomic mass is 16.5. The molecule has 2 N–H and O–H groups in total. The zero-order chi connectivity index (χ0) is 13.0. The molecule has 3 nitrogen and oxygen atoms in total. The van der Waals surface area contributed by atoms with E-state index in [4.69, 9.17) is 4.74 Å². The van der Waals surface area contributed by atoms with E-state index in [1.807, 2.05) is 37.3 Å². The molecule has 0 amide bonds. The van der Waals surface area contributed by atoms with Gasteiger partial charge in [-0.15, -0.1) is 0 Å². The lowest BCUT2D eigenvalue weighted by Gasteiger charge is -2.13. The van der Waals surface area contributed by atoms with Crippen molar-refractivity contribution in [2.45, 2.75) is 13.0 Å². The molecule has 0 radical (unpaired) electrons. The summed E-state index contributed by atoms with van der Waals surface area (Å²) in [5.74, 6) is 0.478. The summed E-state index contributed by atoms with van der Waals surface area (Å²) in [4.78, 5) is 0. The molecule has 0 saturated carbocycles. The quantitative estimate of drug-likeness (QED) is 0.869. The molecule has 2 aromatic carbocycles. The van der Waals surface area contributed by atoms with Gasteiger partial charge in [0.2, 0.25) is 0 Å². The first kappa shape index (κ1) is 12.5. The number of benzene rings is 2. The number of rotatable bonds is 4. The molecule has 1 unspecified atom stereocenters. The van der Waals surface area contributed by atoms with Gasteiger partial charge in [-0.2, -0.15) is 0 Å². The average molecular weight is 244 g/mol. The minimum absolute atomic E-state index is 0.0841. The van der Waals surface area contributed by atoms with E-state index in [9.17, 15) is 10.2 Å². The van der Waals surface area contributed by atoms with Crippen LogP contribution in [0.5, 0.6) is 11.5 Å². The van der Waals surface area contributed by atoms with Gasteiger partial charge >= 0.3 is 0 Å². The molecule has 18 heavy (non-hydrogen) atoms. The molecule has 0 aliphatic rings. The fourth-order valence-electron chi connectivity index (χ4n) is 1.68. The van der Waals surface area contributed by atoms with Gasteiger partial charge in [-0.05, 0) is 30.2 Å². The second-order valence-electron chi connectivity index (χ2n) is 4.21. The fraction of sp³-hybridized carbons (Fsp3) is 0.200. The Morgan fingerprint density at radius 3 is 2.56 bits per heavy atom. The van der Waals surface area contributed by atoms with E-state index in [0.29, 0.717) is 5.75 Å². The van der Waals surface area contributed by atoms with E-state index in [1.165, 1.54) is 0 Å². The van der Waals surface area contributed by atoms with Crippen LogP contribution in [-0.2, 0) is 0 Å². The third-order valence-corrected chi connectivity index (χ3v) is 2.70. The Balaban J connectivity index is 2.01. The predicted octanol–water partition coefficient (Wildman–Crippen LogP) is 2.81. The lowest BCUT2D eigenvalue weighted by molar-refractivity contribution is 0.106. The maximum Gasteiger partial charge on any atom is 0.161 e. The molecular weight excluding hydrogens is 228 g/mol. The van der Waals surface area contributed by atoms with Crippen molar-refractivity contribution in [3.05, 3.63) is 59.7 Å².